The Morgan fingerprint density at radius 1 is 1.36 bits per heavy atom. The maximum absolute atomic E-state index is 12.2. The average molecular weight is 305 g/mol. The van der Waals surface area contributed by atoms with Crippen molar-refractivity contribution in [2.75, 3.05) is 13.7 Å². The van der Waals surface area contributed by atoms with Gasteiger partial charge in [-0.25, -0.2) is 0 Å². The van der Waals surface area contributed by atoms with Crippen LogP contribution in [0.4, 0.5) is 0 Å². The van der Waals surface area contributed by atoms with Gasteiger partial charge in [0.05, 0.1) is 18.6 Å². The van der Waals surface area contributed by atoms with E-state index in [9.17, 15) is 9.59 Å². The van der Waals surface area contributed by atoms with Crippen molar-refractivity contribution in [2.24, 2.45) is 5.92 Å². The predicted octanol–water partition coefficient (Wildman–Crippen LogP) is 1.70. The minimum Gasteiger partial charge on any atom is -0.493 e. The van der Waals surface area contributed by atoms with E-state index in [0.29, 0.717) is 17.1 Å². The van der Waals surface area contributed by atoms with Crippen LogP contribution >= 0.6 is 0 Å². The molecule has 0 saturated heterocycles. The van der Waals surface area contributed by atoms with Gasteiger partial charge in [-0.2, -0.15) is 0 Å². The number of carboxylic acid groups (broad SMARTS) is 1. The third-order valence-electron chi connectivity index (χ3n) is 3.72. The number of ether oxygens (including phenoxy) is 2. The average Bonchev–Trinajstić information content (AvgIpc) is 2.52. The number of para-hydroxylation sites is 1. The Bertz CT molecular complexity index is 623. The molecule has 0 spiro atoms. The number of methoxy groups -OCH3 is 1. The topological polar surface area (TPSA) is 84.9 Å². The standard InChI is InChI=1S/C16H19NO5/c1-9(16(19)20)10(2)17-15(18)12-7-11-5-4-6-13(21-3)14(11)22-8-12/h4-7,9-10H,8H2,1-3H3,(H,17,18)(H,19,20). The van der Waals surface area contributed by atoms with Crippen molar-refractivity contribution in [2.45, 2.75) is 19.9 Å². The Hall–Kier alpha value is -2.50. The molecule has 1 amide bonds. The SMILES string of the molecule is COc1cccc2c1OCC(C(=O)NC(C)C(C)C(=O)O)=C2. The van der Waals surface area contributed by atoms with Gasteiger partial charge in [-0.05, 0) is 26.0 Å². The number of fused-ring (bicyclic) bond motifs is 1. The number of hydrogen-bond donors (Lipinski definition) is 2. The van der Waals surface area contributed by atoms with E-state index in [0.717, 1.165) is 5.56 Å². The highest BCUT2D eigenvalue weighted by Gasteiger charge is 2.24. The lowest BCUT2D eigenvalue weighted by Crippen LogP contribution is -2.41. The van der Waals surface area contributed by atoms with Crippen LogP contribution in [0.25, 0.3) is 6.08 Å². The molecule has 2 N–H and O–H groups in total. The first-order valence-corrected chi connectivity index (χ1v) is 6.98. The van der Waals surface area contributed by atoms with Crippen LogP contribution < -0.4 is 14.8 Å². The van der Waals surface area contributed by atoms with E-state index in [1.807, 2.05) is 12.1 Å². The first-order chi connectivity index (χ1) is 10.4. The second-order valence-electron chi connectivity index (χ2n) is 5.23. The molecule has 0 saturated carbocycles. The van der Waals surface area contributed by atoms with E-state index >= 15 is 0 Å². The van der Waals surface area contributed by atoms with Gasteiger partial charge >= 0.3 is 5.97 Å². The number of amides is 1. The Morgan fingerprint density at radius 2 is 2.09 bits per heavy atom. The number of aliphatic carboxylic acids is 1. The van der Waals surface area contributed by atoms with E-state index < -0.39 is 17.9 Å². The normalized spacial score (nSPS) is 15.7. The highest BCUT2D eigenvalue weighted by atomic mass is 16.5. The molecule has 1 aliphatic rings. The van der Waals surface area contributed by atoms with Crippen molar-refractivity contribution in [1.29, 1.82) is 0 Å². The Morgan fingerprint density at radius 3 is 2.73 bits per heavy atom. The first-order valence-electron chi connectivity index (χ1n) is 6.98. The van der Waals surface area contributed by atoms with Crippen molar-refractivity contribution < 1.29 is 24.2 Å². The number of carboxylic acids is 1. The molecule has 2 unspecified atom stereocenters. The molecule has 0 aliphatic carbocycles. The van der Waals surface area contributed by atoms with Gasteiger partial charge in [-0.3, -0.25) is 9.59 Å². The van der Waals surface area contributed by atoms with Crippen LogP contribution in [0.3, 0.4) is 0 Å². The maximum atomic E-state index is 12.2. The molecular weight excluding hydrogens is 286 g/mol. The fourth-order valence-corrected chi connectivity index (χ4v) is 2.11. The number of benzene rings is 1. The summed E-state index contributed by atoms with van der Waals surface area (Å²) in [5.74, 6) is -0.721. The van der Waals surface area contributed by atoms with Crippen LogP contribution in [-0.2, 0) is 9.59 Å². The first kappa shape index (κ1) is 15.9. The highest BCUT2D eigenvalue weighted by Crippen LogP contribution is 2.35. The fraction of sp³-hybridized carbons (Fsp3) is 0.375. The summed E-state index contributed by atoms with van der Waals surface area (Å²) in [5.41, 5.74) is 1.21. The number of carbonyl (C=O) groups is 2. The lowest BCUT2D eigenvalue weighted by atomic mass is 10.0. The molecule has 1 aromatic carbocycles. The third-order valence-corrected chi connectivity index (χ3v) is 3.72. The number of hydrogen-bond acceptors (Lipinski definition) is 4. The van der Waals surface area contributed by atoms with Crippen molar-refractivity contribution in [3.05, 3.63) is 29.3 Å². The summed E-state index contributed by atoms with van der Waals surface area (Å²) in [6.07, 6.45) is 1.73. The largest absolute Gasteiger partial charge is 0.493 e. The summed E-state index contributed by atoms with van der Waals surface area (Å²) in [5, 5.41) is 11.6. The van der Waals surface area contributed by atoms with Gasteiger partial charge in [0, 0.05) is 11.6 Å². The molecule has 1 aliphatic heterocycles. The molecule has 1 heterocycles. The van der Waals surface area contributed by atoms with E-state index in [1.165, 1.54) is 0 Å². The predicted molar refractivity (Wildman–Crippen MR) is 80.9 cm³/mol. The zero-order valence-electron chi connectivity index (χ0n) is 12.8. The summed E-state index contributed by atoms with van der Waals surface area (Å²) < 4.78 is 10.8. The summed E-state index contributed by atoms with van der Waals surface area (Å²) in [7, 11) is 1.56. The molecule has 0 fully saturated rings. The maximum Gasteiger partial charge on any atom is 0.308 e. The van der Waals surface area contributed by atoms with Gasteiger partial charge in [0.25, 0.3) is 5.91 Å². The monoisotopic (exact) mass is 305 g/mol. The summed E-state index contributed by atoms with van der Waals surface area (Å²) >= 11 is 0. The van der Waals surface area contributed by atoms with Crippen molar-refractivity contribution in [1.82, 2.24) is 5.32 Å². The minimum atomic E-state index is -0.947. The quantitative estimate of drug-likeness (QED) is 0.865. The lowest BCUT2D eigenvalue weighted by molar-refractivity contribution is -0.142. The molecule has 0 bridgehead atoms. The van der Waals surface area contributed by atoms with E-state index in [1.54, 1.807) is 33.1 Å². The third kappa shape index (κ3) is 3.21. The van der Waals surface area contributed by atoms with Crippen LogP contribution in [0, 0.1) is 5.92 Å². The van der Waals surface area contributed by atoms with Gasteiger partial charge in [0.2, 0.25) is 0 Å². The van der Waals surface area contributed by atoms with E-state index in [4.69, 9.17) is 14.6 Å². The lowest BCUT2D eigenvalue weighted by Gasteiger charge is -2.22. The molecule has 118 valence electrons. The number of rotatable bonds is 5. The van der Waals surface area contributed by atoms with Crippen LogP contribution in [0.15, 0.2) is 23.8 Å². The minimum absolute atomic E-state index is 0.118. The van der Waals surface area contributed by atoms with Gasteiger partial charge in [-0.1, -0.05) is 12.1 Å². The molecule has 22 heavy (non-hydrogen) atoms. The van der Waals surface area contributed by atoms with Gasteiger partial charge in [-0.15, -0.1) is 0 Å². The Labute approximate surface area is 128 Å². The second-order valence-corrected chi connectivity index (χ2v) is 5.23. The number of nitrogens with one attached hydrogen (secondary N) is 1. The zero-order chi connectivity index (χ0) is 16.3. The second kappa shape index (κ2) is 6.51. The summed E-state index contributed by atoms with van der Waals surface area (Å²) in [6, 6.07) is 4.95. The molecule has 0 radical (unpaired) electrons. The van der Waals surface area contributed by atoms with Crippen molar-refractivity contribution in [3.63, 3.8) is 0 Å². The van der Waals surface area contributed by atoms with Crippen LogP contribution in [-0.4, -0.2) is 36.7 Å². The molecule has 1 aromatic rings. The van der Waals surface area contributed by atoms with Crippen LogP contribution in [0.5, 0.6) is 11.5 Å². The molecule has 6 heteroatoms. The van der Waals surface area contributed by atoms with Gasteiger partial charge in [0.15, 0.2) is 11.5 Å². The summed E-state index contributed by atoms with van der Waals surface area (Å²) in [4.78, 5) is 23.1. The number of carbonyl (C=O) groups excluding carboxylic acids is 1. The van der Waals surface area contributed by atoms with Gasteiger partial charge in [0.1, 0.15) is 6.61 Å². The summed E-state index contributed by atoms with van der Waals surface area (Å²) in [6.45, 7) is 3.34. The smallest absolute Gasteiger partial charge is 0.308 e. The van der Waals surface area contributed by atoms with Gasteiger partial charge < -0.3 is 19.9 Å². The molecule has 6 nitrogen and oxygen atoms in total. The van der Waals surface area contributed by atoms with Crippen molar-refractivity contribution >= 4 is 18.0 Å². The van der Waals surface area contributed by atoms with Crippen molar-refractivity contribution in [3.8, 4) is 11.5 Å². The highest BCUT2D eigenvalue weighted by molar-refractivity contribution is 5.99. The van der Waals surface area contributed by atoms with E-state index in [-0.39, 0.29) is 12.5 Å². The molecule has 2 atom stereocenters. The molecular formula is C16H19NO5. The van der Waals surface area contributed by atoms with Crippen LogP contribution in [0.1, 0.15) is 19.4 Å². The fourth-order valence-electron chi connectivity index (χ4n) is 2.11. The Balaban J connectivity index is 2.15. The van der Waals surface area contributed by atoms with E-state index in [2.05, 4.69) is 5.32 Å². The van der Waals surface area contributed by atoms with Crippen LogP contribution in [0.2, 0.25) is 0 Å². The molecule has 2 rings (SSSR count). The molecule has 0 aromatic heterocycles. The zero-order valence-corrected chi connectivity index (χ0v) is 12.8. The Kier molecular flexibility index (Phi) is 4.70.